The van der Waals surface area contributed by atoms with Crippen LogP contribution in [0.3, 0.4) is 0 Å². The molecule has 2 saturated heterocycles. The third kappa shape index (κ3) is 6.46. The number of hydrogen-bond donors (Lipinski definition) is 2. The molecule has 27 heavy (non-hydrogen) atoms. The Labute approximate surface area is 163 Å². The Kier molecular flexibility index (Phi) is 8.39. The Balaban J connectivity index is 1.41. The first-order valence-electron chi connectivity index (χ1n) is 10.7. The van der Waals surface area contributed by atoms with Crippen molar-refractivity contribution in [3.8, 4) is 5.75 Å². The summed E-state index contributed by atoms with van der Waals surface area (Å²) in [6.45, 7) is 6.89. The Morgan fingerprint density at radius 3 is 2.59 bits per heavy atom. The first kappa shape index (κ1) is 20.6. The molecule has 5 heteroatoms. The van der Waals surface area contributed by atoms with Crippen LogP contribution in [-0.4, -0.2) is 72.1 Å². The van der Waals surface area contributed by atoms with Crippen molar-refractivity contribution < 1.29 is 14.9 Å². The maximum absolute atomic E-state index is 10.2. The molecule has 0 bridgehead atoms. The van der Waals surface area contributed by atoms with Crippen LogP contribution >= 0.6 is 0 Å². The van der Waals surface area contributed by atoms with Crippen LogP contribution in [0.2, 0.25) is 0 Å². The first-order chi connectivity index (χ1) is 13.3. The van der Waals surface area contributed by atoms with E-state index in [0.717, 1.165) is 38.3 Å². The number of rotatable bonds is 9. The summed E-state index contributed by atoms with van der Waals surface area (Å²) in [5.74, 6) is 0.988. The number of aliphatic hydroxyl groups is 2. The summed E-state index contributed by atoms with van der Waals surface area (Å²) in [5, 5.41) is 19.5. The van der Waals surface area contributed by atoms with Gasteiger partial charge < -0.3 is 19.8 Å². The number of likely N-dealkylation sites (tertiary alicyclic amines) is 2. The highest BCUT2D eigenvalue weighted by Crippen LogP contribution is 2.24. The zero-order valence-electron chi connectivity index (χ0n) is 16.6. The fraction of sp³-hybridized carbons (Fsp3) is 0.727. The molecule has 0 aliphatic carbocycles. The second-order valence-corrected chi connectivity index (χ2v) is 8.10. The van der Waals surface area contributed by atoms with Gasteiger partial charge in [-0.2, -0.15) is 0 Å². The lowest BCUT2D eigenvalue weighted by Gasteiger charge is -2.35. The summed E-state index contributed by atoms with van der Waals surface area (Å²) in [4.78, 5) is 4.84. The Morgan fingerprint density at radius 2 is 1.81 bits per heavy atom. The molecule has 3 rings (SSSR count). The lowest BCUT2D eigenvalue weighted by atomic mass is 9.94. The molecule has 0 radical (unpaired) electrons. The van der Waals surface area contributed by atoms with E-state index < -0.39 is 6.10 Å². The van der Waals surface area contributed by atoms with Crippen molar-refractivity contribution in [1.29, 1.82) is 0 Å². The van der Waals surface area contributed by atoms with Crippen molar-refractivity contribution in [1.82, 2.24) is 9.80 Å². The van der Waals surface area contributed by atoms with Crippen LogP contribution in [0.1, 0.15) is 44.1 Å². The molecule has 2 aliphatic rings. The molecule has 0 saturated carbocycles. The lowest BCUT2D eigenvalue weighted by Crippen LogP contribution is -2.44. The zero-order valence-corrected chi connectivity index (χ0v) is 16.6. The third-order valence-corrected chi connectivity index (χ3v) is 5.98. The highest BCUT2D eigenvalue weighted by Gasteiger charge is 2.27. The Hall–Kier alpha value is -1.14. The van der Waals surface area contributed by atoms with Gasteiger partial charge >= 0.3 is 0 Å². The maximum Gasteiger partial charge on any atom is 0.123 e. The standard InChI is InChI=1S/C22H36N2O3/c25-18-20-10-14-24(17-21(20)26)16-19-8-2-3-9-22(19)27-15-7-6-13-23-11-4-1-5-12-23/h2-3,8-9,20-21,25-26H,1,4-7,10-18H2/t20-,21-/m1/s1. The molecule has 1 aromatic rings. The van der Waals surface area contributed by atoms with Crippen LogP contribution in [-0.2, 0) is 6.54 Å². The van der Waals surface area contributed by atoms with Crippen LogP contribution in [0, 0.1) is 5.92 Å². The van der Waals surface area contributed by atoms with E-state index in [1.54, 1.807) is 0 Å². The number of benzene rings is 1. The van der Waals surface area contributed by atoms with Gasteiger partial charge in [0.2, 0.25) is 0 Å². The minimum Gasteiger partial charge on any atom is -0.493 e. The smallest absolute Gasteiger partial charge is 0.123 e. The maximum atomic E-state index is 10.2. The van der Waals surface area contributed by atoms with Gasteiger partial charge in [-0.05, 0) is 64.3 Å². The summed E-state index contributed by atoms with van der Waals surface area (Å²) in [6, 6.07) is 8.25. The van der Waals surface area contributed by atoms with E-state index in [9.17, 15) is 10.2 Å². The molecule has 2 N–H and O–H groups in total. The average molecular weight is 377 g/mol. The highest BCUT2D eigenvalue weighted by atomic mass is 16.5. The average Bonchev–Trinajstić information content (AvgIpc) is 2.70. The van der Waals surface area contributed by atoms with Gasteiger partial charge in [-0.15, -0.1) is 0 Å². The summed E-state index contributed by atoms with van der Waals surface area (Å²) >= 11 is 0. The van der Waals surface area contributed by atoms with Gasteiger partial charge in [-0.1, -0.05) is 24.6 Å². The Bertz CT molecular complexity index is 548. The number of β-amino-alcohol motifs (C(OH)–C–C–N with tert-alkyl or cyclic N) is 1. The number of para-hydroxylation sites is 1. The predicted octanol–water partition coefficient (Wildman–Crippen LogP) is 2.51. The van der Waals surface area contributed by atoms with Crippen molar-refractivity contribution in [2.75, 3.05) is 45.9 Å². The largest absolute Gasteiger partial charge is 0.493 e. The lowest BCUT2D eigenvalue weighted by molar-refractivity contribution is -0.00467. The molecular weight excluding hydrogens is 340 g/mol. The molecule has 2 heterocycles. The van der Waals surface area contributed by atoms with E-state index in [1.807, 2.05) is 6.07 Å². The molecular formula is C22H36N2O3. The van der Waals surface area contributed by atoms with E-state index in [-0.39, 0.29) is 12.5 Å². The second-order valence-electron chi connectivity index (χ2n) is 8.10. The van der Waals surface area contributed by atoms with Crippen molar-refractivity contribution >= 4 is 0 Å². The molecule has 2 atom stereocenters. The topological polar surface area (TPSA) is 56.2 Å². The van der Waals surface area contributed by atoms with Gasteiger partial charge in [0, 0.05) is 31.2 Å². The minimum atomic E-state index is -0.438. The fourth-order valence-corrected chi connectivity index (χ4v) is 4.22. The molecule has 5 nitrogen and oxygen atoms in total. The molecule has 152 valence electrons. The normalized spacial score (nSPS) is 24.8. The summed E-state index contributed by atoms with van der Waals surface area (Å²) in [6.07, 6.45) is 6.80. The van der Waals surface area contributed by atoms with E-state index in [2.05, 4.69) is 28.0 Å². The summed E-state index contributed by atoms with van der Waals surface area (Å²) in [7, 11) is 0. The minimum absolute atomic E-state index is 0.0210. The molecule has 1 aromatic carbocycles. The van der Waals surface area contributed by atoms with Crippen molar-refractivity contribution in [3.05, 3.63) is 29.8 Å². The number of hydrogen-bond acceptors (Lipinski definition) is 5. The number of piperidine rings is 2. The molecule has 2 aliphatic heterocycles. The highest BCUT2D eigenvalue weighted by molar-refractivity contribution is 5.33. The van der Waals surface area contributed by atoms with Gasteiger partial charge in [0.1, 0.15) is 5.75 Å². The van der Waals surface area contributed by atoms with E-state index in [1.165, 1.54) is 50.9 Å². The van der Waals surface area contributed by atoms with Crippen LogP contribution in [0.5, 0.6) is 5.75 Å². The number of ether oxygens (including phenoxy) is 1. The quantitative estimate of drug-likeness (QED) is 0.649. The van der Waals surface area contributed by atoms with Crippen LogP contribution in [0.25, 0.3) is 0 Å². The Morgan fingerprint density at radius 1 is 1.00 bits per heavy atom. The zero-order chi connectivity index (χ0) is 18.9. The van der Waals surface area contributed by atoms with Crippen LogP contribution in [0.15, 0.2) is 24.3 Å². The third-order valence-electron chi connectivity index (χ3n) is 5.98. The van der Waals surface area contributed by atoms with Gasteiger partial charge in [0.15, 0.2) is 0 Å². The summed E-state index contributed by atoms with van der Waals surface area (Å²) in [5.41, 5.74) is 1.18. The van der Waals surface area contributed by atoms with Gasteiger partial charge in [0.05, 0.1) is 12.7 Å². The van der Waals surface area contributed by atoms with Gasteiger partial charge in [0.25, 0.3) is 0 Å². The molecule has 0 amide bonds. The van der Waals surface area contributed by atoms with E-state index in [4.69, 9.17) is 4.74 Å². The number of nitrogens with zero attached hydrogens (tertiary/aromatic N) is 2. The molecule has 2 fully saturated rings. The SMILES string of the molecule is OC[C@H]1CCN(Cc2ccccc2OCCCCN2CCCCC2)C[C@H]1O. The second kappa shape index (κ2) is 11.0. The van der Waals surface area contributed by atoms with Crippen LogP contribution < -0.4 is 4.74 Å². The predicted molar refractivity (Wildman–Crippen MR) is 108 cm³/mol. The van der Waals surface area contributed by atoms with E-state index >= 15 is 0 Å². The summed E-state index contributed by atoms with van der Waals surface area (Å²) < 4.78 is 6.09. The van der Waals surface area contributed by atoms with Crippen molar-refractivity contribution in [2.45, 2.75) is 51.2 Å². The monoisotopic (exact) mass is 376 g/mol. The number of aliphatic hydroxyl groups excluding tert-OH is 2. The molecule has 0 aromatic heterocycles. The molecule has 0 unspecified atom stereocenters. The van der Waals surface area contributed by atoms with Gasteiger partial charge in [-0.3, -0.25) is 4.90 Å². The van der Waals surface area contributed by atoms with Crippen molar-refractivity contribution in [3.63, 3.8) is 0 Å². The van der Waals surface area contributed by atoms with E-state index in [0.29, 0.717) is 6.54 Å². The van der Waals surface area contributed by atoms with Crippen molar-refractivity contribution in [2.24, 2.45) is 5.92 Å². The first-order valence-corrected chi connectivity index (χ1v) is 10.7. The fourth-order valence-electron chi connectivity index (χ4n) is 4.22. The molecule has 0 spiro atoms. The van der Waals surface area contributed by atoms with Crippen LogP contribution in [0.4, 0.5) is 0 Å². The van der Waals surface area contributed by atoms with Gasteiger partial charge in [-0.25, -0.2) is 0 Å². The number of unbranched alkanes of at least 4 members (excludes halogenated alkanes) is 1.